The summed E-state index contributed by atoms with van der Waals surface area (Å²) in [6.45, 7) is 2.16. The van der Waals surface area contributed by atoms with E-state index in [0.717, 1.165) is 17.7 Å². The highest BCUT2D eigenvalue weighted by Gasteiger charge is 2.28. The third-order valence-corrected chi connectivity index (χ3v) is 4.78. The number of phenolic OH excluding ortho intramolecular Hbond substituents is 1. The van der Waals surface area contributed by atoms with Gasteiger partial charge in [0.25, 0.3) is 0 Å². The number of phenols is 1. The van der Waals surface area contributed by atoms with Crippen LogP contribution in [0.15, 0.2) is 24.3 Å². The Morgan fingerprint density at radius 2 is 2.32 bits per heavy atom. The van der Waals surface area contributed by atoms with E-state index in [1.54, 1.807) is 18.2 Å². The Labute approximate surface area is 118 Å². The van der Waals surface area contributed by atoms with Crippen LogP contribution in [0.25, 0.3) is 0 Å². The van der Waals surface area contributed by atoms with Gasteiger partial charge in [-0.05, 0) is 36.3 Å². The maximum atomic E-state index is 12.0. The second-order valence-electron chi connectivity index (χ2n) is 4.95. The average molecular weight is 279 g/mol. The molecule has 1 aliphatic carbocycles. The monoisotopic (exact) mass is 279 g/mol. The largest absolute Gasteiger partial charge is 0.508 e. The first kappa shape index (κ1) is 14.3. The Balaban J connectivity index is 1.87. The molecule has 2 atom stereocenters. The van der Waals surface area contributed by atoms with Gasteiger partial charge in [0.05, 0.1) is 6.42 Å². The van der Waals surface area contributed by atoms with Gasteiger partial charge in [-0.25, -0.2) is 0 Å². The van der Waals surface area contributed by atoms with Gasteiger partial charge in [0.15, 0.2) is 0 Å². The van der Waals surface area contributed by atoms with E-state index in [9.17, 15) is 9.90 Å². The van der Waals surface area contributed by atoms with Crippen molar-refractivity contribution in [3.8, 4) is 5.75 Å². The van der Waals surface area contributed by atoms with E-state index < -0.39 is 0 Å². The van der Waals surface area contributed by atoms with Gasteiger partial charge in [0.1, 0.15) is 5.75 Å². The number of benzene rings is 1. The van der Waals surface area contributed by atoms with Gasteiger partial charge in [-0.3, -0.25) is 4.79 Å². The highest BCUT2D eigenvalue weighted by molar-refractivity contribution is 7.99. The number of thioether (sulfide) groups is 1. The van der Waals surface area contributed by atoms with Crippen molar-refractivity contribution in [3.05, 3.63) is 29.8 Å². The molecule has 1 aromatic rings. The lowest BCUT2D eigenvalue weighted by molar-refractivity contribution is -0.121. The van der Waals surface area contributed by atoms with Crippen LogP contribution in [0, 0.1) is 0 Å². The summed E-state index contributed by atoms with van der Waals surface area (Å²) in [4.78, 5) is 12.0. The average Bonchev–Trinajstić information content (AvgIpc) is 2.77. The summed E-state index contributed by atoms with van der Waals surface area (Å²) in [5, 5.41) is 13.1. The van der Waals surface area contributed by atoms with Crippen LogP contribution in [0.2, 0.25) is 0 Å². The van der Waals surface area contributed by atoms with Gasteiger partial charge >= 0.3 is 0 Å². The molecular formula is C15H21NO2S. The molecule has 0 aromatic heterocycles. The molecule has 0 radical (unpaired) electrons. The highest BCUT2D eigenvalue weighted by Crippen LogP contribution is 2.29. The zero-order chi connectivity index (χ0) is 13.7. The van der Waals surface area contributed by atoms with Crippen molar-refractivity contribution in [1.29, 1.82) is 0 Å². The fourth-order valence-corrected chi connectivity index (χ4v) is 3.81. The van der Waals surface area contributed by atoms with Crippen LogP contribution in [0.4, 0.5) is 0 Å². The highest BCUT2D eigenvalue weighted by atomic mass is 32.2. The smallest absolute Gasteiger partial charge is 0.224 e. The SMILES string of the molecule is CCSC1CCCC1NC(=O)Cc1cccc(O)c1. The van der Waals surface area contributed by atoms with Crippen molar-refractivity contribution < 1.29 is 9.90 Å². The van der Waals surface area contributed by atoms with E-state index in [0.29, 0.717) is 17.7 Å². The number of amides is 1. The maximum Gasteiger partial charge on any atom is 0.224 e. The topological polar surface area (TPSA) is 49.3 Å². The lowest BCUT2D eigenvalue weighted by atomic mass is 10.1. The number of carbonyl (C=O) groups excluding carboxylic acids is 1. The van der Waals surface area contributed by atoms with Crippen molar-refractivity contribution in [2.75, 3.05) is 5.75 Å². The summed E-state index contributed by atoms with van der Waals surface area (Å²) in [5.74, 6) is 1.37. The minimum absolute atomic E-state index is 0.0548. The second-order valence-corrected chi connectivity index (χ2v) is 6.46. The van der Waals surface area contributed by atoms with Crippen LogP contribution in [-0.2, 0) is 11.2 Å². The first-order valence-corrected chi connectivity index (χ1v) is 7.92. The first-order chi connectivity index (χ1) is 9.19. The number of aromatic hydroxyl groups is 1. The van der Waals surface area contributed by atoms with Crippen molar-refractivity contribution in [2.45, 2.75) is 43.9 Å². The van der Waals surface area contributed by atoms with Crippen molar-refractivity contribution in [2.24, 2.45) is 0 Å². The molecule has 2 N–H and O–H groups in total. The van der Waals surface area contributed by atoms with Crippen LogP contribution >= 0.6 is 11.8 Å². The maximum absolute atomic E-state index is 12.0. The van der Waals surface area contributed by atoms with E-state index in [1.807, 2.05) is 17.8 Å². The molecule has 4 heteroatoms. The standard InChI is InChI=1S/C15H21NO2S/c1-2-19-14-8-4-7-13(14)16-15(18)10-11-5-3-6-12(17)9-11/h3,5-6,9,13-14,17H,2,4,7-8,10H2,1H3,(H,16,18). The summed E-state index contributed by atoms with van der Waals surface area (Å²) in [6.07, 6.45) is 3.84. The van der Waals surface area contributed by atoms with Crippen LogP contribution in [-0.4, -0.2) is 28.1 Å². The predicted octanol–water partition coefficient (Wildman–Crippen LogP) is 2.73. The van der Waals surface area contributed by atoms with E-state index in [2.05, 4.69) is 12.2 Å². The molecule has 2 unspecified atom stereocenters. The van der Waals surface area contributed by atoms with Crippen LogP contribution < -0.4 is 5.32 Å². The van der Waals surface area contributed by atoms with Crippen molar-refractivity contribution in [1.82, 2.24) is 5.32 Å². The normalized spacial score (nSPS) is 22.4. The molecule has 1 amide bonds. The summed E-state index contributed by atoms with van der Waals surface area (Å²) in [6, 6.07) is 7.21. The Kier molecular flexibility index (Phi) is 5.14. The van der Waals surface area contributed by atoms with Gasteiger partial charge in [0.2, 0.25) is 5.91 Å². The third-order valence-electron chi connectivity index (χ3n) is 3.45. The number of rotatable bonds is 5. The number of hydrogen-bond acceptors (Lipinski definition) is 3. The van der Waals surface area contributed by atoms with Gasteiger partial charge in [-0.1, -0.05) is 25.5 Å². The molecular weight excluding hydrogens is 258 g/mol. The zero-order valence-electron chi connectivity index (χ0n) is 11.3. The summed E-state index contributed by atoms with van der Waals surface area (Å²) < 4.78 is 0. The molecule has 1 saturated carbocycles. The molecule has 0 spiro atoms. The molecule has 0 bridgehead atoms. The third kappa shape index (κ3) is 4.16. The fraction of sp³-hybridized carbons (Fsp3) is 0.533. The zero-order valence-corrected chi connectivity index (χ0v) is 12.1. The quantitative estimate of drug-likeness (QED) is 0.871. The first-order valence-electron chi connectivity index (χ1n) is 6.88. The Hall–Kier alpha value is -1.16. The number of carbonyl (C=O) groups is 1. The molecule has 19 heavy (non-hydrogen) atoms. The van der Waals surface area contributed by atoms with Crippen LogP contribution in [0.3, 0.4) is 0 Å². The van der Waals surface area contributed by atoms with E-state index in [-0.39, 0.29) is 11.7 Å². The molecule has 0 heterocycles. The van der Waals surface area contributed by atoms with Gasteiger partial charge < -0.3 is 10.4 Å². The molecule has 1 fully saturated rings. The molecule has 1 aliphatic rings. The summed E-state index contributed by atoms with van der Waals surface area (Å²) >= 11 is 1.94. The van der Waals surface area contributed by atoms with Gasteiger partial charge in [-0.2, -0.15) is 11.8 Å². The molecule has 0 aliphatic heterocycles. The Bertz CT molecular complexity index is 436. The number of nitrogens with one attached hydrogen (secondary N) is 1. The van der Waals surface area contributed by atoms with Crippen LogP contribution in [0.5, 0.6) is 5.75 Å². The Morgan fingerprint density at radius 1 is 1.47 bits per heavy atom. The van der Waals surface area contributed by atoms with Crippen molar-refractivity contribution in [3.63, 3.8) is 0 Å². The minimum atomic E-state index is 0.0548. The minimum Gasteiger partial charge on any atom is -0.508 e. The molecule has 0 saturated heterocycles. The van der Waals surface area contributed by atoms with Crippen LogP contribution in [0.1, 0.15) is 31.7 Å². The fourth-order valence-electron chi connectivity index (χ4n) is 2.61. The predicted molar refractivity (Wildman–Crippen MR) is 79.5 cm³/mol. The number of hydrogen-bond donors (Lipinski definition) is 2. The molecule has 2 rings (SSSR count). The van der Waals surface area contributed by atoms with Gasteiger partial charge in [-0.15, -0.1) is 0 Å². The summed E-state index contributed by atoms with van der Waals surface area (Å²) in [5.41, 5.74) is 0.857. The van der Waals surface area contributed by atoms with E-state index >= 15 is 0 Å². The van der Waals surface area contributed by atoms with E-state index in [1.165, 1.54) is 12.8 Å². The lowest BCUT2D eigenvalue weighted by Gasteiger charge is -2.20. The summed E-state index contributed by atoms with van der Waals surface area (Å²) in [7, 11) is 0. The van der Waals surface area contributed by atoms with E-state index in [4.69, 9.17) is 0 Å². The molecule has 104 valence electrons. The lowest BCUT2D eigenvalue weighted by Crippen LogP contribution is -2.39. The second kappa shape index (κ2) is 6.85. The van der Waals surface area contributed by atoms with Gasteiger partial charge in [0, 0.05) is 11.3 Å². The van der Waals surface area contributed by atoms with Crippen molar-refractivity contribution >= 4 is 17.7 Å². The Morgan fingerprint density at radius 3 is 3.05 bits per heavy atom. The molecule has 1 aromatic carbocycles. The molecule has 3 nitrogen and oxygen atoms in total.